The van der Waals surface area contributed by atoms with E-state index in [4.69, 9.17) is 10.5 Å². The highest BCUT2D eigenvalue weighted by molar-refractivity contribution is 9.10. The van der Waals surface area contributed by atoms with E-state index in [1.54, 1.807) is 13.2 Å². The molecule has 2 nitrogen and oxygen atoms in total. The normalized spacial score (nSPS) is 25.1. The first-order valence-electron chi connectivity index (χ1n) is 6.81. The van der Waals surface area contributed by atoms with Gasteiger partial charge in [-0.1, -0.05) is 19.8 Å². The molecule has 19 heavy (non-hydrogen) atoms. The van der Waals surface area contributed by atoms with Gasteiger partial charge in [0.25, 0.3) is 0 Å². The van der Waals surface area contributed by atoms with Crippen LogP contribution in [0.3, 0.4) is 0 Å². The Morgan fingerprint density at radius 3 is 2.53 bits per heavy atom. The smallest absolute Gasteiger partial charge is 0.141 e. The third kappa shape index (κ3) is 3.29. The van der Waals surface area contributed by atoms with Gasteiger partial charge in [0.1, 0.15) is 11.6 Å². The molecule has 0 aromatic heterocycles. The van der Waals surface area contributed by atoms with Crippen molar-refractivity contribution in [2.45, 2.75) is 38.6 Å². The molecule has 1 aromatic carbocycles. The molecule has 0 heterocycles. The maximum Gasteiger partial charge on any atom is 0.141 e. The zero-order valence-electron chi connectivity index (χ0n) is 11.5. The molecule has 2 N–H and O–H groups in total. The Balaban J connectivity index is 2.22. The van der Waals surface area contributed by atoms with Crippen molar-refractivity contribution in [2.24, 2.45) is 17.6 Å². The van der Waals surface area contributed by atoms with Crippen LogP contribution in [0.15, 0.2) is 16.6 Å². The molecular weight excluding hydrogens is 309 g/mol. The Kier molecular flexibility index (Phi) is 4.85. The summed E-state index contributed by atoms with van der Waals surface area (Å²) in [4.78, 5) is 0. The van der Waals surface area contributed by atoms with Gasteiger partial charge in [0.15, 0.2) is 0 Å². The van der Waals surface area contributed by atoms with E-state index >= 15 is 0 Å². The van der Waals surface area contributed by atoms with Crippen LogP contribution in [0.5, 0.6) is 5.75 Å². The Morgan fingerprint density at radius 1 is 1.32 bits per heavy atom. The highest BCUT2D eigenvalue weighted by atomic mass is 79.9. The second-order valence-corrected chi connectivity index (χ2v) is 6.41. The highest BCUT2D eigenvalue weighted by Crippen LogP contribution is 2.39. The van der Waals surface area contributed by atoms with Crippen molar-refractivity contribution in [1.29, 1.82) is 0 Å². The Bertz CT molecular complexity index is 444. The molecule has 1 atom stereocenters. The van der Waals surface area contributed by atoms with Gasteiger partial charge in [0.05, 0.1) is 11.6 Å². The maximum absolute atomic E-state index is 13.5. The average Bonchev–Trinajstić information content (AvgIpc) is 2.41. The van der Waals surface area contributed by atoms with E-state index in [1.165, 1.54) is 18.9 Å². The SMILES string of the molecule is COc1cc(F)c(Br)cc1C(N)C1CCC(C)CC1. The summed E-state index contributed by atoms with van der Waals surface area (Å²) in [6.45, 7) is 2.29. The number of methoxy groups -OCH3 is 1. The molecule has 106 valence electrons. The molecule has 2 rings (SSSR count). The van der Waals surface area contributed by atoms with Gasteiger partial charge >= 0.3 is 0 Å². The van der Waals surface area contributed by atoms with Crippen LogP contribution in [-0.2, 0) is 0 Å². The molecule has 0 spiro atoms. The summed E-state index contributed by atoms with van der Waals surface area (Å²) in [6, 6.07) is 3.08. The van der Waals surface area contributed by atoms with Crippen molar-refractivity contribution in [1.82, 2.24) is 0 Å². The van der Waals surface area contributed by atoms with Crippen molar-refractivity contribution in [3.05, 3.63) is 28.0 Å². The van der Waals surface area contributed by atoms with Crippen molar-refractivity contribution in [3.8, 4) is 5.75 Å². The van der Waals surface area contributed by atoms with E-state index in [1.807, 2.05) is 0 Å². The summed E-state index contributed by atoms with van der Waals surface area (Å²) in [6.07, 6.45) is 4.73. The van der Waals surface area contributed by atoms with Gasteiger partial charge in [-0.05, 0) is 46.7 Å². The van der Waals surface area contributed by atoms with E-state index in [0.29, 0.717) is 16.1 Å². The first-order valence-corrected chi connectivity index (χ1v) is 7.60. The van der Waals surface area contributed by atoms with E-state index < -0.39 is 0 Å². The molecule has 0 amide bonds. The summed E-state index contributed by atoms with van der Waals surface area (Å²) in [5, 5.41) is 0. The minimum absolute atomic E-state index is 0.0839. The summed E-state index contributed by atoms with van der Waals surface area (Å²) in [5.41, 5.74) is 7.29. The number of hydrogen-bond acceptors (Lipinski definition) is 2. The van der Waals surface area contributed by atoms with Crippen LogP contribution < -0.4 is 10.5 Å². The lowest BCUT2D eigenvalue weighted by molar-refractivity contribution is 0.252. The minimum atomic E-state index is -0.315. The summed E-state index contributed by atoms with van der Waals surface area (Å²) in [5.74, 6) is 1.49. The van der Waals surface area contributed by atoms with Crippen LogP contribution in [-0.4, -0.2) is 7.11 Å². The fourth-order valence-corrected chi connectivity index (χ4v) is 3.24. The Hall–Kier alpha value is -0.610. The molecular formula is C15H21BrFNO. The third-order valence-electron chi connectivity index (χ3n) is 4.20. The monoisotopic (exact) mass is 329 g/mol. The van der Waals surface area contributed by atoms with Crippen LogP contribution in [0, 0.1) is 17.7 Å². The number of benzene rings is 1. The Morgan fingerprint density at radius 2 is 1.95 bits per heavy atom. The van der Waals surface area contributed by atoms with E-state index in [2.05, 4.69) is 22.9 Å². The highest BCUT2D eigenvalue weighted by Gasteiger charge is 2.27. The largest absolute Gasteiger partial charge is 0.496 e. The molecule has 0 radical (unpaired) electrons. The first kappa shape index (κ1) is 14.8. The quantitative estimate of drug-likeness (QED) is 0.890. The van der Waals surface area contributed by atoms with Crippen LogP contribution in [0.1, 0.15) is 44.2 Å². The lowest BCUT2D eigenvalue weighted by Gasteiger charge is -2.31. The summed E-state index contributed by atoms with van der Waals surface area (Å²) < 4.78 is 19.3. The van der Waals surface area contributed by atoms with Crippen molar-refractivity contribution >= 4 is 15.9 Å². The number of ether oxygens (including phenoxy) is 1. The van der Waals surface area contributed by atoms with Crippen LogP contribution >= 0.6 is 15.9 Å². The number of nitrogens with two attached hydrogens (primary N) is 1. The lowest BCUT2D eigenvalue weighted by atomic mass is 9.77. The summed E-state index contributed by atoms with van der Waals surface area (Å²) >= 11 is 3.23. The molecule has 0 saturated heterocycles. The zero-order chi connectivity index (χ0) is 14.0. The van der Waals surface area contributed by atoms with Crippen molar-refractivity contribution < 1.29 is 9.13 Å². The fraction of sp³-hybridized carbons (Fsp3) is 0.600. The Labute approximate surface area is 122 Å². The van der Waals surface area contributed by atoms with Gasteiger partial charge in [0, 0.05) is 17.7 Å². The fourth-order valence-electron chi connectivity index (χ4n) is 2.88. The second-order valence-electron chi connectivity index (χ2n) is 5.55. The van der Waals surface area contributed by atoms with Crippen LogP contribution in [0.4, 0.5) is 4.39 Å². The van der Waals surface area contributed by atoms with Gasteiger partial charge in [-0.2, -0.15) is 0 Å². The van der Waals surface area contributed by atoms with Gasteiger partial charge in [0.2, 0.25) is 0 Å². The molecule has 4 heteroatoms. The van der Waals surface area contributed by atoms with Crippen molar-refractivity contribution in [2.75, 3.05) is 7.11 Å². The molecule has 1 unspecified atom stereocenters. The van der Waals surface area contributed by atoms with Gasteiger partial charge in [-0.15, -0.1) is 0 Å². The standard InChI is InChI=1S/C15H21BrFNO/c1-9-3-5-10(6-4-9)15(18)11-7-12(16)13(17)8-14(11)19-2/h7-10,15H,3-6,18H2,1-2H3. The van der Waals surface area contributed by atoms with Crippen LogP contribution in [0.25, 0.3) is 0 Å². The number of halogens is 2. The van der Waals surface area contributed by atoms with E-state index in [-0.39, 0.29) is 11.9 Å². The maximum atomic E-state index is 13.5. The molecule has 1 aliphatic rings. The van der Waals surface area contributed by atoms with Crippen LogP contribution in [0.2, 0.25) is 0 Å². The molecule has 0 aliphatic heterocycles. The van der Waals surface area contributed by atoms with Crippen molar-refractivity contribution in [3.63, 3.8) is 0 Å². The third-order valence-corrected chi connectivity index (χ3v) is 4.81. The predicted molar refractivity (Wildman–Crippen MR) is 78.7 cm³/mol. The molecule has 1 fully saturated rings. The topological polar surface area (TPSA) is 35.2 Å². The van der Waals surface area contributed by atoms with Gasteiger partial charge < -0.3 is 10.5 Å². The van der Waals surface area contributed by atoms with E-state index in [9.17, 15) is 4.39 Å². The minimum Gasteiger partial charge on any atom is -0.496 e. The van der Waals surface area contributed by atoms with E-state index in [0.717, 1.165) is 24.3 Å². The lowest BCUT2D eigenvalue weighted by Crippen LogP contribution is -2.26. The molecule has 1 aromatic rings. The average molecular weight is 330 g/mol. The predicted octanol–water partition coefficient (Wildman–Crippen LogP) is 4.42. The van der Waals surface area contributed by atoms with Gasteiger partial charge in [-0.25, -0.2) is 4.39 Å². The molecule has 1 aliphatic carbocycles. The number of hydrogen-bond donors (Lipinski definition) is 1. The zero-order valence-corrected chi connectivity index (χ0v) is 13.0. The first-order chi connectivity index (χ1) is 9.02. The molecule has 0 bridgehead atoms. The number of rotatable bonds is 3. The second kappa shape index (κ2) is 6.23. The summed E-state index contributed by atoms with van der Waals surface area (Å²) in [7, 11) is 1.56. The van der Waals surface area contributed by atoms with Gasteiger partial charge in [-0.3, -0.25) is 0 Å². The molecule has 1 saturated carbocycles.